The van der Waals surface area contributed by atoms with E-state index >= 15 is 0 Å². The molecule has 0 aliphatic carbocycles. The van der Waals surface area contributed by atoms with E-state index in [1.807, 2.05) is 23.7 Å². The lowest BCUT2D eigenvalue weighted by Gasteiger charge is -2.12. The van der Waals surface area contributed by atoms with Crippen molar-refractivity contribution >= 4 is 44.6 Å². The van der Waals surface area contributed by atoms with Crippen LogP contribution in [0, 0.1) is 13.8 Å². The van der Waals surface area contributed by atoms with Gasteiger partial charge in [0.15, 0.2) is 5.11 Å². The molecule has 3 rings (SSSR count). The molecule has 0 amide bonds. The standard InChI is InChI=1S/C22H25BrN4S/c1-14(2)18-7-11-20(12-8-18)24-22(28)25-21-15(3)26-27(16(21)4)13-17-5-9-19(23)10-6-17/h5-12,14H,13H2,1-4H3,(H2,24,25,28). The van der Waals surface area contributed by atoms with E-state index in [2.05, 4.69) is 88.8 Å². The predicted molar refractivity (Wildman–Crippen MR) is 125 cm³/mol. The van der Waals surface area contributed by atoms with Crippen LogP contribution in [0.1, 0.15) is 42.3 Å². The van der Waals surface area contributed by atoms with Crippen LogP contribution in [0.5, 0.6) is 0 Å². The highest BCUT2D eigenvalue weighted by Gasteiger charge is 2.13. The normalized spacial score (nSPS) is 10.9. The summed E-state index contributed by atoms with van der Waals surface area (Å²) < 4.78 is 3.07. The SMILES string of the molecule is Cc1nn(Cc2ccc(Br)cc2)c(C)c1NC(=S)Nc1ccc(C(C)C)cc1. The van der Waals surface area contributed by atoms with E-state index < -0.39 is 0 Å². The molecule has 0 radical (unpaired) electrons. The van der Waals surface area contributed by atoms with Gasteiger partial charge in [-0.3, -0.25) is 4.68 Å². The molecule has 2 aromatic carbocycles. The van der Waals surface area contributed by atoms with Gasteiger partial charge in [0.25, 0.3) is 0 Å². The highest BCUT2D eigenvalue weighted by molar-refractivity contribution is 9.10. The van der Waals surface area contributed by atoms with Crippen molar-refractivity contribution in [3.63, 3.8) is 0 Å². The Bertz CT molecular complexity index is 959. The van der Waals surface area contributed by atoms with Crippen LogP contribution in [-0.4, -0.2) is 14.9 Å². The molecule has 0 atom stereocenters. The molecule has 3 aromatic rings. The van der Waals surface area contributed by atoms with Crippen LogP contribution in [0.3, 0.4) is 0 Å². The summed E-state index contributed by atoms with van der Waals surface area (Å²) in [7, 11) is 0. The lowest BCUT2D eigenvalue weighted by Crippen LogP contribution is -2.20. The van der Waals surface area contributed by atoms with Crippen molar-refractivity contribution in [3.05, 3.63) is 75.5 Å². The average Bonchev–Trinajstić information content (AvgIpc) is 2.91. The van der Waals surface area contributed by atoms with Crippen molar-refractivity contribution in [1.82, 2.24) is 9.78 Å². The number of hydrogen-bond donors (Lipinski definition) is 2. The molecule has 6 heteroatoms. The van der Waals surface area contributed by atoms with Gasteiger partial charge in [-0.15, -0.1) is 0 Å². The maximum absolute atomic E-state index is 5.51. The zero-order valence-electron chi connectivity index (χ0n) is 16.6. The van der Waals surface area contributed by atoms with Crippen LogP contribution in [0.4, 0.5) is 11.4 Å². The van der Waals surface area contributed by atoms with E-state index in [0.717, 1.165) is 33.8 Å². The summed E-state index contributed by atoms with van der Waals surface area (Å²) in [5.74, 6) is 0.515. The summed E-state index contributed by atoms with van der Waals surface area (Å²) in [5, 5.41) is 11.8. The smallest absolute Gasteiger partial charge is 0.175 e. The first kappa shape index (κ1) is 20.6. The van der Waals surface area contributed by atoms with Gasteiger partial charge in [0.05, 0.1) is 23.6 Å². The molecule has 4 nitrogen and oxygen atoms in total. The van der Waals surface area contributed by atoms with Gasteiger partial charge in [0.2, 0.25) is 0 Å². The van der Waals surface area contributed by atoms with Gasteiger partial charge in [-0.2, -0.15) is 5.10 Å². The Labute approximate surface area is 180 Å². The maximum Gasteiger partial charge on any atom is 0.175 e. The largest absolute Gasteiger partial charge is 0.332 e. The molecule has 0 spiro atoms. The Morgan fingerprint density at radius 3 is 2.29 bits per heavy atom. The molecule has 2 N–H and O–H groups in total. The maximum atomic E-state index is 5.51. The van der Waals surface area contributed by atoms with Crippen LogP contribution in [0.2, 0.25) is 0 Å². The Kier molecular flexibility index (Phi) is 6.52. The fourth-order valence-corrected chi connectivity index (χ4v) is 3.51. The fraction of sp³-hybridized carbons (Fsp3) is 0.273. The van der Waals surface area contributed by atoms with E-state index in [4.69, 9.17) is 12.2 Å². The number of aromatic nitrogens is 2. The van der Waals surface area contributed by atoms with Crippen molar-refractivity contribution < 1.29 is 0 Å². The second kappa shape index (κ2) is 8.88. The number of nitrogens with one attached hydrogen (secondary N) is 2. The van der Waals surface area contributed by atoms with Crippen molar-refractivity contribution in [1.29, 1.82) is 0 Å². The third-order valence-electron chi connectivity index (χ3n) is 4.70. The molecule has 0 aliphatic rings. The van der Waals surface area contributed by atoms with Crippen LogP contribution in [0.25, 0.3) is 0 Å². The number of halogens is 1. The predicted octanol–water partition coefficient (Wildman–Crippen LogP) is 6.24. The summed E-state index contributed by atoms with van der Waals surface area (Å²) >= 11 is 8.98. The quantitative estimate of drug-likeness (QED) is 0.445. The van der Waals surface area contributed by atoms with E-state index in [9.17, 15) is 0 Å². The molecule has 28 heavy (non-hydrogen) atoms. The summed E-state index contributed by atoms with van der Waals surface area (Å²) in [6.45, 7) is 9.14. The molecule has 1 heterocycles. The molecular weight excluding hydrogens is 432 g/mol. The van der Waals surface area contributed by atoms with Crippen molar-refractivity contribution in [2.24, 2.45) is 0 Å². The molecule has 0 fully saturated rings. The molecule has 0 aliphatic heterocycles. The minimum Gasteiger partial charge on any atom is -0.332 e. The summed E-state index contributed by atoms with van der Waals surface area (Å²) in [5.41, 5.74) is 6.41. The van der Waals surface area contributed by atoms with E-state index in [-0.39, 0.29) is 0 Å². The number of benzene rings is 2. The van der Waals surface area contributed by atoms with Crippen molar-refractivity contribution in [2.75, 3.05) is 10.6 Å². The molecule has 0 unspecified atom stereocenters. The van der Waals surface area contributed by atoms with Gasteiger partial charge in [0.1, 0.15) is 0 Å². The minimum atomic E-state index is 0.515. The first-order valence-electron chi connectivity index (χ1n) is 9.30. The Hall–Kier alpha value is -2.18. The minimum absolute atomic E-state index is 0.515. The molecule has 146 valence electrons. The number of hydrogen-bond acceptors (Lipinski definition) is 2. The first-order valence-corrected chi connectivity index (χ1v) is 10.5. The Morgan fingerprint density at radius 2 is 1.68 bits per heavy atom. The highest BCUT2D eigenvalue weighted by Crippen LogP contribution is 2.22. The highest BCUT2D eigenvalue weighted by atomic mass is 79.9. The zero-order chi connectivity index (χ0) is 20.3. The van der Waals surface area contributed by atoms with Gasteiger partial charge in [-0.1, -0.05) is 54.0 Å². The number of anilines is 2. The van der Waals surface area contributed by atoms with Gasteiger partial charge in [0, 0.05) is 10.2 Å². The average molecular weight is 457 g/mol. The van der Waals surface area contributed by atoms with E-state index in [1.165, 1.54) is 11.1 Å². The van der Waals surface area contributed by atoms with Crippen LogP contribution in [-0.2, 0) is 6.54 Å². The molecular formula is C22H25BrN4S. The fourth-order valence-electron chi connectivity index (χ4n) is 3.02. The van der Waals surface area contributed by atoms with E-state index in [0.29, 0.717) is 11.0 Å². The Morgan fingerprint density at radius 1 is 1.04 bits per heavy atom. The van der Waals surface area contributed by atoms with Gasteiger partial charge in [-0.25, -0.2) is 0 Å². The second-order valence-electron chi connectivity index (χ2n) is 7.19. The lowest BCUT2D eigenvalue weighted by atomic mass is 10.0. The monoisotopic (exact) mass is 456 g/mol. The molecule has 0 bridgehead atoms. The van der Waals surface area contributed by atoms with Gasteiger partial charge >= 0.3 is 0 Å². The molecule has 0 saturated heterocycles. The van der Waals surface area contributed by atoms with Gasteiger partial charge in [-0.05, 0) is 67.4 Å². The summed E-state index contributed by atoms with van der Waals surface area (Å²) in [6.07, 6.45) is 0. The van der Waals surface area contributed by atoms with Crippen molar-refractivity contribution in [3.8, 4) is 0 Å². The molecule has 1 aromatic heterocycles. The summed E-state index contributed by atoms with van der Waals surface area (Å²) in [4.78, 5) is 0. The topological polar surface area (TPSA) is 41.9 Å². The Balaban J connectivity index is 1.69. The molecule has 0 saturated carbocycles. The van der Waals surface area contributed by atoms with Crippen LogP contribution < -0.4 is 10.6 Å². The first-order chi connectivity index (χ1) is 13.3. The number of thiocarbonyl (C=S) groups is 1. The van der Waals surface area contributed by atoms with Crippen molar-refractivity contribution in [2.45, 2.75) is 40.2 Å². The van der Waals surface area contributed by atoms with Gasteiger partial charge < -0.3 is 10.6 Å². The second-order valence-corrected chi connectivity index (χ2v) is 8.51. The number of aryl methyl sites for hydroxylation is 1. The lowest BCUT2D eigenvalue weighted by molar-refractivity contribution is 0.659. The number of nitrogens with zero attached hydrogens (tertiary/aromatic N) is 2. The van der Waals surface area contributed by atoms with Crippen LogP contribution in [0.15, 0.2) is 53.0 Å². The van der Waals surface area contributed by atoms with Crippen LogP contribution >= 0.6 is 28.1 Å². The summed E-state index contributed by atoms with van der Waals surface area (Å²) in [6, 6.07) is 16.7. The third-order valence-corrected chi connectivity index (χ3v) is 5.43. The van der Waals surface area contributed by atoms with E-state index in [1.54, 1.807) is 0 Å². The third kappa shape index (κ3) is 5.00. The number of rotatable bonds is 5. The zero-order valence-corrected chi connectivity index (χ0v) is 19.0.